The highest BCUT2D eigenvalue weighted by atomic mass is 16.1. The van der Waals surface area contributed by atoms with Gasteiger partial charge in [-0.1, -0.05) is 19.9 Å². The van der Waals surface area contributed by atoms with Crippen molar-refractivity contribution in [2.24, 2.45) is 17.4 Å². The molecule has 1 aromatic carbocycles. The molecule has 2 heterocycles. The second-order valence-corrected chi connectivity index (χ2v) is 7.91. The maximum Gasteiger partial charge on any atom is 0.254 e. The summed E-state index contributed by atoms with van der Waals surface area (Å²) < 4.78 is 0. The Hall–Kier alpha value is -3.53. The lowest BCUT2D eigenvalue weighted by Gasteiger charge is -2.28. The molecule has 1 aliphatic rings. The Balaban J connectivity index is 1.62. The molecule has 10 heteroatoms. The van der Waals surface area contributed by atoms with Crippen molar-refractivity contribution in [2.75, 3.05) is 10.6 Å². The van der Waals surface area contributed by atoms with Crippen LogP contribution in [0.4, 0.5) is 17.5 Å². The Morgan fingerprint density at radius 3 is 2.60 bits per heavy atom. The molecule has 1 saturated carbocycles. The van der Waals surface area contributed by atoms with Crippen LogP contribution in [0.5, 0.6) is 0 Å². The van der Waals surface area contributed by atoms with Gasteiger partial charge in [0.05, 0.1) is 18.1 Å². The zero-order chi connectivity index (χ0) is 21.3. The van der Waals surface area contributed by atoms with Crippen LogP contribution < -0.4 is 22.1 Å². The van der Waals surface area contributed by atoms with Gasteiger partial charge in [0.1, 0.15) is 11.4 Å². The molecule has 10 nitrogen and oxygen atoms in total. The van der Waals surface area contributed by atoms with Crippen LogP contribution in [0, 0.1) is 5.92 Å². The summed E-state index contributed by atoms with van der Waals surface area (Å²) in [6, 6.07) is 7.44. The Kier molecular flexibility index (Phi) is 5.08. The monoisotopic (exact) mass is 407 g/mol. The molecule has 2 aromatic heterocycles. The third kappa shape index (κ3) is 4.08. The molecule has 1 aliphatic carbocycles. The summed E-state index contributed by atoms with van der Waals surface area (Å²) in [6.07, 6.45) is 6.54. The summed E-state index contributed by atoms with van der Waals surface area (Å²) in [6.45, 7) is 4.21. The third-order valence-electron chi connectivity index (χ3n) is 5.21. The van der Waals surface area contributed by atoms with Crippen molar-refractivity contribution in [2.45, 2.75) is 38.3 Å². The van der Waals surface area contributed by atoms with E-state index >= 15 is 0 Å². The standard InChI is InChI=1S/C20H25N9O/c1-12(2)16(20(22)6-7-20)27-19-23-11-15(17(21)30)18(28-19)26-13-4-3-5-14(10-13)29-24-8-9-25-29/h3-5,8-12,16H,6-7,22H2,1-2H3,(H2,21,30)(H2,23,26,27,28). The first-order valence-corrected chi connectivity index (χ1v) is 9.82. The largest absolute Gasteiger partial charge is 0.365 e. The van der Waals surface area contributed by atoms with Gasteiger partial charge >= 0.3 is 0 Å². The first-order chi connectivity index (χ1) is 14.4. The van der Waals surface area contributed by atoms with Crippen LogP contribution in [-0.2, 0) is 0 Å². The van der Waals surface area contributed by atoms with Crippen LogP contribution in [0.3, 0.4) is 0 Å². The molecule has 0 radical (unpaired) electrons. The van der Waals surface area contributed by atoms with Gasteiger partial charge in [-0.25, -0.2) is 4.98 Å². The molecule has 4 rings (SSSR count). The quantitative estimate of drug-likeness (QED) is 0.442. The highest BCUT2D eigenvalue weighted by Crippen LogP contribution is 2.39. The molecule has 0 bridgehead atoms. The fourth-order valence-electron chi connectivity index (χ4n) is 3.49. The average Bonchev–Trinajstić information content (AvgIpc) is 3.22. The molecular formula is C20H25N9O. The summed E-state index contributed by atoms with van der Waals surface area (Å²) in [5, 5.41) is 14.8. The Morgan fingerprint density at radius 1 is 1.23 bits per heavy atom. The summed E-state index contributed by atoms with van der Waals surface area (Å²) >= 11 is 0. The number of hydrogen-bond donors (Lipinski definition) is 4. The number of carbonyl (C=O) groups excluding carboxylic acids is 1. The summed E-state index contributed by atoms with van der Waals surface area (Å²) in [7, 11) is 0. The zero-order valence-corrected chi connectivity index (χ0v) is 16.9. The highest BCUT2D eigenvalue weighted by molar-refractivity contribution is 5.98. The van der Waals surface area contributed by atoms with Gasteiger partial charge in [0.2, 0.25) is 5.95 Å². The maximum absolute atomic E-state index is 11.9. The van der Waals surface area contributed by atoms with E-state index < -0.39 is 5.91 Å². The first kappa shape index (κ1) is 19.8. The van der Waals surface area contributed by atoms with E-state index in [0.29, 0.717) is 23.4 Å². The van der Waals surface area contributed by atoms with Crippen LogP contribution in [-0.4, -0.2) is 42.4 Å². The van der Waals surface area contributed by atoms with Crippen LogP contribution >= 0.6 is 0 Å². The van der Waals surface area contributed by atoms with Crippen LogP contribution in [0.25, 0.3) is 5.69 Å². The number of hydrogen-bond acceptors (Lipinski definition) is 8. The van der Waals surface area contributed by atoms with Crippen molar-refractivity contribution in [3.8, 4) is 5.69 Å². The predicted octanol–water partition coefficient (Wildman–Crippen LogP) is 1.83. The molecule has 0 spiro atoms. The molecule has 0 aliphatic heterocycles. The van der Waals surface area contributed by atoms with E-state index in [1.165, 1.54) is 11.0 Å². The van der Waals surface area contributed by atoms with Crippen LogP contribution in [0.1, 0.15) is 37.0 Å². The predicted molar refractivity (Wildman–Crippen MR) is 114 cm³/mol. The number of nitrogens with zero attached hydrogens (tertiary/aromatic N) is 5. The molecule has 6 N–H and O–H groups in total. The van der Waals surface area contributed by atoms with E-state index in [9.17, 15) is 4.79 Å². The van der Waals surface area contributed by atoms with Crippen molar-refractivity contribution >= 4 is 23.4 Å². The SMILES string of the molecule is CC(C)C(Nc1ncc(C(N)=O)c(Nc2cccc(-n3nccn3)c2)n1)C1(N)CC1. The van der Waals surface area contributed by atoms with Crippen molar-refractivity contribution in [1.29, 1.82) is 0 Å². The minimum Gasteiger partial charge on any atom is -0.365 e. The fourth-order valence-corrected chi connectivity index (χ4v) is 3.49. The van der Waals surface area contributed by atoms with Gasteiger partial charge in [-0.3, -0.25) is 4.79 Å². The third-order valence-corrected chi connectivity index (χ3v) is 5.21. The van der Waals surface area contributed by atoms with Gasteiger partial charge in [-0.05, 0) is 37.0 Å². The maximum atomic E-state index is 11.9. The van der Waals surface area contributed by atoms with Crippen molar-refractivity contribution < 1.29 is 4.79 Å². The Labute approximate surface area is 174 Å². The van der Waals surface area contributed by atoms with Gasteiger partial charge in [0.25, 0.3) is 5.91 Å². The molecule has 1 unspecified atom stereocenters. The number of amides is 1. The molecule has 1 fully saturated rings. The number of aromatic nitrogens is 5. The van der Waals surface area contributed by atoms with Crippen molar-refractivity contribution in [1.82, 2.24) is 25.0 Å². The lowest BCUT2D eigenvalue weighted by molar-refractivity contribution is 0.100. The minimum absolute atomic E-state index is 0.0268. The van der Waals surface area contributed by atoms with Crippen LogP contribution in [0.2, 0.25) is 0 Å². The second-order valence-electron chi connectivity index (χ2n) is 7.91. The smallest absolute Gasteiger partial charge is 0.254 e. The van der Waals surface area contributed by atoms with E-state index in [1.54, 1.807) is 12.4 Å². The molecule has 1 amide bonds. The number of nitrogens with two attached hydrogens (primary N) is 2. The number of primary amides is 1. The highest BCUT2D eigenvalue weighted by Gasteiger charge is 2.47. The van der Waals surface area contributed by atoms with Gasteiger partial charge in [0, 0.05) is 23.5 Å². The number of nitrogens with one attached hydrogen (secondary N) is 2. The molecular weight excluding hydrogens is 382 g/mol. The lowest BCUT2D eigenvalue weighted by atomic mass is 9.95. The van der Waals surface area contributed by atoms with E-state index in [0.717, 1.165) is 18.5 Å². The number of benzene rings is 1. The fraction of sp³-hybridized carbons (Fsp3) is 0.350. The minimum atomic E-state index is -0.619. The normalized spacial score (nSPS) is 15.6. The van der Waals surface area contributed by atoms with Gasteiger partial charge in [-0.2, -0.15) is 20.0 Å². The summed E-state index contributed by atoms with van der Waals surface area (Å²) in [5.74, 6) is 0.385. The molecule has 3 aromatic rings. The van der Waals surface area contributed by atoms with Gasteiger partial charge < -0.3 is 22.1 Å². The summed E-state index contributed by atoms with van der Waals surface area (Å²) in [5.41, 5.74) is 13.4. The Bertz CT molecular complexity index is 1040. The number of carbonyl (C=O) groups is 1. The summed E-state index contributed by atoms with van der Waals surface area (Å²) in [4.78, 5) is 22.2. The van der Waals surface area contributed by atoms with Crippen molar-refractivity contribution in [3.63, 3.8) is 0 Å². The molecule has 1 atom stereocenters. The lowest BCUT2D eigenvalue weighted by Crippen LogP contribution is -2.46. The van der Waals surface area contributed by atoms with Crippen LogP contribution in [0.15, 0.2) is 42.9 Å². The topological polar surface area (TPSA) is 150 Å². The van der Waals surface area contributed by atoms with E-state index in [2.05, 4.69) is 44.6 Å². The number of anilines is 3. The Morgan fingerprint density at radius 2 is 1.97 bits per heavy atom. The average molecular weight is 407 g/mol. The molecule has 30 heavy (non-hydrogen) atoms. The molecule has 156 valence electrons. The van der Waals surface area contributed by atoms with Crippen molar-refractivity contribution in [3.05, 3.63) is 48.4 Å². The zero-order valence-electron chi connectivity index (χ0n) is 16.9. The number of rotatable bonds is 8. The van der Waals surface area contributed by atoms with Gasteiger partial charge in [0.15, 0.2) is 0 Å². The first-order valence-electron chi connectivity index (χ1n) is 9.82. The van der Waals surface area contributed by atoms with E-state index in [1.807, 2.05) is 24.3 Å². The van der Waals surface area contributed by atoms with Gasteiger partial charge in [-0.15, -0.1) is 0 Å². The second kappa shape index (κ2) is 7.71. The van der Waals surface area contributed by atoms with E-state index in [-0.39, 0.29) is 17.1 Å². The molecule has 0 saturated heterocycles. The van der Waals surface area contributed by atoms with E-state index in [4.69, 9.17) is 11.5 Å².